The molecule has 0 aliphatic carbocycles. The van der Waals surface area contributed by atoms with Crippen molar-refractivity contribution in [2.24, 2.45) is 0 Å². The number of hydrogen-bond acceptors (Lipinski definition) is 7. The third-order valence-corrected chi connectivity index (χ3v) is 3.77. The van der Waals surface area contributed by atoms with Gasteiger partial charge >= 0.3 is 18.0 Å². The lowest BCUT2D eigenvalue weighted by Crippen LogP contribution is -2.42. The van der Waals surface area contributed by atoms with E-state index in [0.717, 1.165) is 0 Å². The first-order chi connectivity index (χ1) is 14.0. The van der Waals surface area contributed by atoms with Crippen molar-refractivity contribution in [2.45, 2.75) is 71.6 Å². The molecule has 0 spiro atoms. The summed E-state index contributed by atoms with van der Waals surface area (Å²) in [4.78, 5) is 47.3. The molecule has 30 heavy (non-hydrogen) atoms. The molecular formula is C20H33BrN2O7. The molecule has 172 valence electrons. The zero-order valence-corrected chi connectivity index (χ0v) is 19.9. The van der Waals surface area contributed by atoms with E-state index in [1.807, 2.05) is 0 Å². The molecule has 0 rings (SSSR count). The number of alkyl halides is 1. The van der Waals surface area contributed by atoms with Crippen molar-refractivity contribution >= 4 is 39.9 Å². The zero-order chi connectivity index (χ0) is 23.2. The molecule has 0 aromatic rings. The van der Waals surface area contributed by atoms with Crippen LogP contribution >= 0.6 is 15.9 Å². The maximum atomic E-state index is 12.0. The van der Waals surface area contributed by atoms with Gasteiger partial charge in [0.1, 0.15) is 18.2 Å². The van der Waals surface area contributed by atoms with Crippen molar-refractivity contribution in [3.8, 4) is 0 Å². The zero-order valence-electron chi connectivity index (χ0n) is 18.3. The highest BCUT2D eigenvalue weighted by Gasteiger charge is 2.22. The Hall–Kier alpha value is -2.10. The van der Waals surface area contributed by atoms with Crippen molar-refractivity contribution in [3.63, 3.8) is 0 Å². The van der Waals surface area contributed by atoms with E-state index in [1.165, 1.54) is 13.0 Å². The molecule has 0 aromatic carbocycles. The normalized spacial score (nSPS) is 13.3. The number of allylic oxidation sites excluding steroid dienone is 1. The molecule has 1 unspecified atom stereocenters. The highest BCUT2D eigenvalue weighted by molar-refractivity contribution is 9.09. The fourth-order valence-electron chi connectivity index (χ4n) is 2.21. The molecule has 0 aliphatic heterocycles. The molecule has 0 saturated heterocycles. The van der Waals surface area contributed by atoms with Crippen LogP contribution in [0.15, 0.2) is 12.2 Å². The number of nitrogens with one attached hydrogen (secondary N) is 2. The molecule has 2 amide bonds. The van der Waals surface area contributed by atoms with Crippen molar-refractivity contribution < 1.29 is 33.4 Å². The number of halogens is 1. The summed E-state index contributed by atoms with van der Waals surface area (Å²) in [6.07, 6.45) is 3.09. The van der Waals surface area contributed by atoms with Crippen LogP contribution in [0.25, 0.3) is 0 Å². The van der Waals surface area contributed by atoms with E-state index in [0.29, 0.717) is 18.2 Å². The van der Waals surface area contributed by atoms with E-state index in [2.05, 4.69) is 26.6 Å². The summed E-state index contributed by atoms with van der Waals surface area (Å²) >= 11 is 3.17. The fourth-order valence-corrected chi connectivity index (χ4v) is 2.37. The number of rotatable bonds is 12. The van der Waals surface area contributed by atoms with Crippen LogP contribution in [0.2, 0.25) is 0 Å². The van der Waals surface area contributed by atoms with Crippen LogP contribution in [0.3, 0.4) is 0 Å². The van der Waals surface area contributed by atoms with Gasteiger partial charge in [0.15, 0.2) is 0 Å². The summed E-state index contributed by atoms with van der Waals surface area (Å²) in [5.74, 6) is -1.34. The number of ether oxygens (including phenoxy) is 3. The maximum absolute atomic E-state index is 12.0. The summed E-state index contributed by atoms with van der Waals surface area (Å²) in [6, 6.07) is -1.32. The van der Waals surface area contributed by atoms with Gasteiger partial charge in [-0.1, -0.05) is 22.0 Å². The van der Waals surface area contributed by atoms with Crippen molar-refractivity contribution in [1.29, 1.82) is 0 Å². The molecule has 0 heterocycles. The van der Waals surface area contributed by atoms with Gasteiger partial charge in [0, 0.05) is 11.4 Å². The molecule has 2 N–H and O–H groups in total. The topological polar surface area (TPSA) is 120 Å². The quantitative estimate of drug-likeness (QED) is 0.141. The van der Waals surface area contributed by atoms with Crippen LogP contribution in [-0.2, 0) is 28.6 Å². The predicted octanol–water partition coefficient (Wildman–Crippen LogP) is 2.61. The van der Waals surface area contributed by atoms with Gasteiger partial charge in [-0.15, -0.1) is 0 Å². The van der Waals surface area contributed by atoms with Gasteiger partial charge in [0.2, 0.25) is 5.91 Å². The molecule has 2 atom stereocenters. The maximum Gasteiger partial charge on any atom is 0.408 e. The second-order valence-electron chi connectivity index (χ2n) is 7.50. The van der Waals surface area contributed by atoms with Crippen LogP contribution in [0.5, 0.6) is 0 Å². The van der Waals surface area contributed by atoms with E-state index >= 15 is 0 Å². The molecular weight excluding hydrogens is 460 g/mol. The Kier molecular flexibility index (Phi) is 13.8. The predicted molar refractivity (Wildman–Crippen MR) is 115 cm³/mol. The van der Waals surface area contributed by atoms with Gasteiger partial charge in [-0.25, -0.2) is 9.59 Å². The lowest BCUT2D eigenvalue weighted by Gasteiger charge is -2.21. The lowest BCUT2D eigenvalue weighted by atomic mass is 10.1. The number of carbonyl (C=O) groups is 4. The van der Waals surface area contributed by atoms with Gasteiger partial charge in [0.25, 0.3) is 0 Å². The minimum Gasteiger partial charge on any atom is -0.465 e. The van der Waals surface area contributed by atoms with E-state index in [1.54, 1.807) is 33.8 Å². The minimum absolute atomic E-state index is 0.0147. The molecule has 0 saturated carbocycles. The van der Waals surface area contributed by atoms with Crippen molar-refractivity contribution in [1.82, 2.24) is 10.6 Å². The summed E-state index contributed by atoms with van der Waals surface area (Å²) in [5, 5.41) is 5.67. The summed E-state index contributed by atoms with van der Waals surface area (Å²) in [5.41, 5.74) is -0.671. The van der Waals surface area contributed by atoms with Crippen LogP contribution in [0, 0.1) is 0 Å². The number of alkyl carbamates (subject to hydrolysis) is 1. The van der Waals surface area contributed by atoms with Crippen molar-refractivity contribution in [3.05, 3.63) is 12.2 Å². The molecule has 0 aliphatic rings. The van der Waals surface area contributed by atoms with E-state index in [-0.39, 0.29) is 25.5 Å². The van der Waals surface area contributed by atoms with Crippen molar-refractivity contribution in [2.75, 3.05) is 18.5 Å². The fraction of sp³-hybridized carbons (Fsp3) is 0.700. The summed E-state index contributed by atoms with van der Waals surface area (Å²) in [7, 11) is 0. The Morgan fingerprint density at radius 2 is 1.73 bits per heavy atom. The molecule has 0 bridgehead atoms. The van der Waals surface area contributed by atoms with Crippen LogP contribution < -0.4 is 10.6 Å². The largest absolute Gasteiger partial charge is 0.465 e. The van der Waals surface area contributed by atoms with E-state index in [9.17, 15) is 19.2 Å². The number of esters is 2. The molecule has 0 fully saturated rings. The highest BCUT2D eigenvalue weighted by Crippen LogP contribution is 2.08. The summed E-state index contributed by atoms with van der Waals surface area (Å²) in [6.45, 7) is 8.68. The molecule has 9 nitrogen and oxygen atoms in total. The first kappa shape index (κ1) is 27.9. The second kappa shape index (κ2) is 14.8. The molecule has 0 aromatic heterocycles. The van der Waals surface area contributed by atoms with Gasteiger partial charge in [-0.3, -0.25) is 9.59 Å². The van der Waals surface area contributed by atoms with Gasteiger partial charge in [-0.2, -0.15) is 0 Å². The van der Waals surface area contributed by atoms with Crippen LogP contribution in [-0.4, -0.2) is 60.2 Å². The molecule has 10 heteroatoms. The van der Waals surface area contributed by atoms with Gasteiger partial charge in [0.05, 0.1) is 13.0 Å². The smallest absolute Gasteiger partial charge is 0.408 e. The first-order valence-electron chi connectivity index (χ1n) is 9.79. The second-order valence-corrected chi connectivity index (χ2v) is 8.29. The Morgan fingerprint density at radius 1 is 1.07 bits per heavy atom. The van der Waals surface area contributed by atoms with Crippen LogP contribution in [0.4, 0.5) is 4.79 Å². The minimum atomic E-state index is -0.871. The van der Waals surface area contributed by atoms with Gasteiger partial charge < -0.3 is 24.8 Å². The monoisotopic (exact) mass is 492 g/mol. The Bertz CT molecular complexity index is 602. The average molecular weight is 493 g/mol. The highest BCUT2D eigenvalue weighted by atomic mass is 79.9. The Labute approximate surface area is 186 Å². The first-order valence-corrected chi connectivity index (χ1v) is 10.9. The average Bonchev–Trinajstić information content (AvgIpc) is 2.61. The third kappa shape index (κ3) is 14.8. The van der Waals surface area contributed by atoms with Crippen LogP contribution in [0.1, 0.15) is 53.9 Å². The standard InChI is InChI=1S/C20H33BrN2O7/c1-6-8-16(24)23-15(13-17(25)28-12-10-21)9-7-11-29-18(26)14(2)22-19(27)30-20(3,4)5/h6,8,14-15H,7,9-13H2,1-5H3,(H,22,27)(H,23,24)/b8-6+/t14-,15?/m0/s1. The lowest BCUT2D eigenvalue weighted by molar-refractivity contribution is -0.146. The molecule has 0 radical (unpaired) electrons. The Morgan fingerprint density at radius 3 is 2.30 bits per heavy atom. The number of amides is 2. The number of carbonyl (C=O) groups excluding carboxylic acids is 4. The SMILES string of the molecule is C/C=C/C(=O)NC(CCCOC(=O)[C@H](C)NC(=O)OC(C)(C)C)CC(=O)OCCBr. The number of hydrogen-bond donors (Lipinski definition) is 2. The Balaban J connectivity index is 4.46. The third-order valence-electron chi connectivity index (χ3n) is 3.45. The van der Waals surface area contributed by atoms with E-state index < -0.39 is 35.7 Å². The van der Waals surface area contributed by atoms with Gasteiger partial charge in [-0.05, 0) is 53.5 Å². The summed E-state index contributed by atoms with van der Waals surface area (Å²) < 4.78 is 15.3. The van der Waals surface area contributed by atoms with E-state index in [4.69, 9.17) is 14.2 Å².